The fourth-order valence-electron chi connectivity index (χ4n) is 3.09. The Morgan fingerprint density at radius 3 is 2.85 bits per heavy atom. The van der Waals surface area contributed by atoms with Crippen molar-refractivity contribution in [2.24, 2.45) is 5.73 Å². The summed E-state index contributed by atoms with van der Waals surface area (Å²) in [5.41, 5.74) is 8.59. The molecule has 6 N–H and O–H groups in total. The summed E-state index contributed by atoms with van der Waals surface area (Å²) >= 11 is 0. The van der Waals surface area contributed by atoms with Crippen LogP contribution in [0.1, 0.15) is 37.5 Å². The van der Waals surface area contributed by atoms with Crippen molar-refractivity contribution in [3.63, 3.8) is 0 Å². The Morgan fingerprint density at radius 1 is 1.33 bits per heavy atom. The van der Waals surface area contributed by atoms with Gasteiger partial charge in [-0.25, -0.2) is 14.6 Å². The number of carbonyl (C=O) groups is 2. The van der Waals surface area contributed by atoms with E-state index in [-0.39, 0.29) is 6.04 Å². The van der Waals surface area contributed by atoms with E-state index in [4.69, 9.17) is 5.73 Å². The Hall–Kier alpha value is -3.07. The Bertz CT molecular complexity index is 835. The molecule has 2 atom stereocenters. The second-order valence-corrected chi connectivity index (χ2v) is 6.47. The van der Waals surface area contributed by atoms with Crippen LogP contribution in [0, 0.1) is 0 Å². The van der Waals surface area contributed by atoms with Crippen LogP contribution in [0.15, 0.2) is 24.4 Å². The zero-order chi connectivity index (χ0) is 19.4. The number of nitrogens with two attached hydrogens (primary N) is 1. The number of aromatic amines is 1. The van der Waals surface area contributed by atoms with Crippen molar-refractivity contribution >= 4 is 23.4 Å². The Balaban J connectivity index is 2.03. The minimum atomic E-state index is -0.934. The minimum absolute atomic E-state index is 0.224. The van der Waals surface area contributed by atoms with Crippen molar-refractivity contribution in [2.75, 3.05) is 17.7 Å². The molecule has 2 heterocycles. The van der Waals surface area contributed by atoms with Gasteiger partial charge in [-0.05, 0) is 31.0 Å². The maximum atomic E-state index is 11.7. The number of nitrogens with zero attached hydrogens (tertiary/aromatic N) is 1. The first-order chi connectivity index (χ1) is 13.0. The third-order valence-electron chi connectivity index (χ3n) is 4.56. The largest absolute Gasteiger partial charge is 0.480 e. The summed E-state index contributed by atoms with van der Waals surface area (Å²) in [5, 5.41) is 15.2. The minimum Gasteiger partial charge on any atom is -0.480 e. The van der Waals surface area contributed by atoms with Crippen LogP contribution < -0.4 is 16.4 Å². The number of aliphatic carboxylic acids is 1. The number of carboxylic acids is 1. The van der Waals surface area contributed by atoms with Gasteiger partial charge >= 0.3 is 12.1 Å². The number of nitrogens with one attached hydrogen (secondary N) is 3. The van der Waals surface area contributed by atoms with Gasteiger partial charge in [0.1, 0.15) is 11.9 Å². The van der Waals surface area contributed by atoms with E-state index in [2.05, 4.69) is 25.3 Å². The van der Waals surface area contributed by atoms with Crippen molar-refractivity contribution in [3.8, 4) is 11.3 Å². The van der Waals surface area contributed by atoms with Crippen molar-refractivity contribution in [3.05, 3.63) is 30.2 Å². The Labute approximate surface area is 156 Å². The number of fused-ring (bicyclic) bond motifs is 4. The molecule has 1 aliphatic heterocycles. The first-order valence-electron chi connectivity index (χ1n) is 8.77. The summed E-state index contributed by atoms with van der Waals surface area (Å²) in [5.74, 6) is -0.237. The maximum absolute atomic E-state index is 11.7. The van der Waals surface area contributed by atoms with E-state index in [0.717, 1.165) is 19.3 Å². The number of rotatable bonds is 2. The fraction of sp³-hybridized carbons (Fsp3) is 0.389. The molecule has 2 aromatic rings. The van der Waals surface area contributed by atoms with E-state index < -0.39 is 18.1 Å². The van der Waals surface area contributed by atoms with Crippen LogP contribution in [0.2, 0.25) is 0 Å². The molecule has 0 spiro atoms. The molecule has 9 heteroatoms. The predicted molar refractivity (Wildman–Crippen MR) is 100 cm³/mol. The first kappa shape index (κ1) is 18.7. The lowest BCUT2D eigenvalue weighted by Gasteiger charge is -2.20. The third-order valence-corrected chi connectivity index (χ3v) is 4.56. The van der Waals surface area contributed by atoms with Crippen LogP contribution in [-0.2, 0) is 9.53 Å². The summed E-state index contributed by atoms with van der Waals surface area (Å²) < 4.78 is 4.61. The second-order valence-electron chi connectivity index (χ2n) is 6.47. The molecule has 2 bridgehead atoms. The molecule has 0 unspecified atom stereocenters. The number of carbonyl (C=O) groups excluding carboxylic acids is 1. The maximum Gasteiger partial charge on any atom is 0.411 e. The lowest BCUT2D eigenvalue weighted by atomic mass is 10.0. The molecule has 1 aliphatic rings. The molecule has 27 heavy (non-hydrogen) atoms. The molecule has 3 rings (SSSR count). The number of methoxy groups -OCH3 is 1. The third kappa shape index (κ3) is 4.37. The van der Waals surface area contributed by atoms with Gasteiger partial charge in [0.2, 0.25) is 0 Å². The lowest BCUT2D eigenvalue weighted by molar-refractivity contribution is -0.138. The van der Waals surface area contributed by atoms with E-state index in [9.17, 15) is 14.7 Å². The normalized spacial score (nSPS) is 19.6. The molecule has 144 valence electrons. The van der Waals surface area contributed by atoms with Crippen LogP contribution >= 0.6 is 0 Å². The van der Waals surface area contributed by atoms with E-state index in [1.54, 1.807) is 24.4 Å². The van der Waals surface area contributed by atoms with Crippen LogP contribution in [0.3, 0.4) is 0 Å². The van der Waals surface area contributed by atoms with Gasteiger partial charge in [0.15, 0.2) is 0 Å². The molecule has 0 saturated heterocycles. The van der Waals surface area contributed by atoms with Crippen molar-refractivity contribution < 1.29 is 19.4 Å². The molecule has 0 saturated carbocycles. The summed E-state index contributed by atoms with van der Waals surface area (Å²) in [6.45, 7) is 0. The SMILES string of the molecule is COC(=O)Nc1ccc2c(c1)N[C@@H](C(=O)O)CCCC[C@H](N)c1nc-2c[nH]1. The average Bonchev–Trinajstić information content (AvgIpc) is 3.13. The lowest BCUT2D eigenvalue weighted by Crippen LogP contribution is -2.29. The highest BCUT2D eigenvalue weighted by Gasteiger charge is 2.22. The number of benzene rings is 1. The molecular weight excluding hydrogens is 350 g/mol. The van der Waals surface area contributed by atoms with Crippen molar-refractivity contribution in [2.45, 2.75) is 37.8 Å². The fourth-order valence-corrected chi connectivity index (χ4v) is 3.09. The smallest absolute Gasteiger partial charge is 0.411 e. The Kier molecular flexibility index (Phi) is 5.60. The van der Waals surface area contributed by atoms with Gasteiger partial charge in [0.05, 0.1) is 18.8 Å². The highest BCUT2D eigenvalue weighted by atomic mass is 16.5. The molecule has 0 radical (unpaired) electrons. The van der Waals surface area contributed by atoms with E-state index in [1.807, 2.05) is 0 Å². The predicted octanol–water partition coefficient (Wildman–Crippen LogP) is 2.69. The second kappa shape index (κ2) is 8.09. The van der Waals surface area contributed by atoms with Gasteiger partial charge in [0.25, 0.3) is 0 Å². The van der Waals surface area contributed by atoms with Crippen LogP contribution in [0.5, 0.6) is 0 Å². The topological polar surface area (TPSA) is 142 Å². The number of imidazole rings is 1. The first-order valence-corrected chi connectivity index (χ1v) is 8.77. The van der Waals surface area contributed by atoms with E-state index in [1.165, 1.54) is 7.11 Å². The van der Waals surface area contributed by atoms with E-state index in [0.29, 0.717) is 34.9 Å². The molecule has 1 aromatic heterocycles. The molecule has 1 amide bonds. The van der Waals surface area contributed by atoms with Crippen LogP contribution in [0.25, 0.3) is 11.3 Å². The highest BCUT2D eigenvalue weighted by Crippen LogP contribution is 2.32. The summed E-state index contributed by atoms with van der Waals surface area (Å²) in [4.78, 5) is 30.8. The molecule has 9 nitrogen and oxygen atoms in total. The highest BCUT2D eigenvalue weighted by molar-refractivity contribution is 5.89. The molecule has 0 fully saturated rings. The monoisotopic (exact) mass is 373 g/mol. The molecule has 1 aromatic carbocycles. The zero-order valence-corrected chi connectivity index (χ0v) is 15.0. The number of hydrogen-bond donors (Lipinski definition) is 5. The average molecular weight is 373 g/mol. The van der Waals surface area contributed by atoms with Crippen LogP contribution in [0.4, 0.5) is 16.2 Å². The van der Waals surface area contributed by atoms with Gasteiger partial charge in [-0.3, -0.25) is 5.32 Å². The number of aromatic nitrogens is 2. The quantitative estimate of drug-likeness (QED) is 0.544. The van der Waals surface area contributed by atoms with Gasteiger partial charge in [0, 0.05) is 23.1 Å². The number of amides is 1. The zero-order valence-electron chi connectivity index (χ0n) is 15.0. The van der Waals surface area contributed by atoms with Gasteiger partial charge in [-0.2, -0.15) is 0 Å². The van der Waals surface area contributed by atoms with Crippen LogP contribution in [-0.4, -0.2) is 40.3 Å². The van der Waals surface area contributed by atoms with Gasteiger partial charge in [-0.1, -0.05) is 12.8 Å². The summed E-state index contributed by atoms with van der Waals surface area (Å²) in [7, 11) is 1.27. The molecule has 0 aliphatic carbocycles. The van der Waals surface area contributed by atoms with Crippen molar-refractivity contribution in [1.29, 1.82) is 0 Å². The summed E-state index contributed by atoms with van der Waals surface area (Å²) in [6, 6.07) is 4.16. The van der Waals surface area contributed by atoms with Gasteiger partial charge in [-0.15, -0.1) is 0 Å². The number of carboxylic acid groups (broad SMARTS) is 1. The number of hydrogen-bond acceptors (Lipinski definition) is 6. The number of H-pyrrole nitrogens is 1. The number of ether oxygens (including phenoxy) is 1. The number of anilines is 2. The van der Waals surface area contributed by atoms with Gasteiger partial charge < -0.3 is 25.9 Å². The standard InChI is InChI=1S/C18H23N5O4/c1-27-18(26)21-10-6-7-11-14(8-10)22-13(17(24)25)5-3-2-4-12(19)16-20-9-15(11)23-16/h6-9,12-13,22H,2-5,19H2,1H3,(H,20,23)(H,21,26)(H,24,25)/t12-,13+/m0/s1. The van der Waals surface area contributed by atoms with E-state index >= 15 is 0 Å². The Morgan fingerprint density at radius 2 is 2.11 bits per heavy atom. The molecular formula is C18H23N5O4. The summed E-state index contributed by atoms with van der Waals surface area (Å²) in [6.07, 6.45) is 3.87. The van der Waals surface area contributed by atoms with Crippen molar-refractivity contribution in [1.82, 2.24) is 9.97 Å².